The Bertz CT molecular complexity index is 317. The first kappa shape index (κ1) is 10.7. The van der Waals surface area contributed by atoms with E-state index in [1.165, 1.54) is 5.56 Å². The Kier molecular flexibility index (Phi) is 2.81. The van der Waals surface area contributed by atoms with Gasteiger partial charge in [-0.05, 0) is 36.3 Å². The number of aliphatic hydroxyl groups excluding tert-OH is 1. The SMILES string of the molecule is CC(c1ccccc1)C1(CN)CC(O)C1. The van der Waals surface area contributed by atoms with Crippen molar-refractivity contribution in [1.29, 1.82) is 0 Å². The van der Waals surface area contributed by atoms with Crippen LogP contribution in [-0.2, 0) is 0 Å². The van der Waals surface area contributed by atoms with E-state index in [1.807, 2.05) is 6.07 Å². The molecule has 1 unspecified atom stereocenters. The third-order valence-electron chi connectivity index (χ3n) is 3.91. The molecule has 0 bridgehead atoms. The number of hydrogen-bond donors (Lipinski definition) is 2. The predicted octanol–water partition coefficient (Wildman–Crippen LogP) is 1.89. The maximum Gasteiger partial charge on any atom is 0.0552 e. The van der Waals surface area contributed by atoms with Crippen LogP contribution in [0, 0.1) is 5.41 Å². The number of hydrogen-bond acceptors (Lipinski definition) is 2. The highest BCUT2D eigenvalue weighted by atomic mass is 16.3. The number of nitrogens with two attached hydrogens (primary N) is 1. The van der Waals surface area contributed by atoms with Gasteiger partial charge in [0.2, 0.25) is 0 Å². The molecule has 0 aliphatic heterocycles. The van der Waals surface area contributed by atoms with Gasteiger partial charge in [-0.2, -0.15) is 0 Å². The van der Waals surface area contributed by atoms with E-state index in [0.717, 1.165) is 12.8 Å². The lowest BCUT2D eigenvalue weighted by molar-refractivity contribution is -0.0405. The molecule has 1 aliphatic carbocycles. The fourth-order valence-electron chi connectivity index (χ4n) is 2.67. The number of benzene rings is 1. The average Bonchev–Trinajstić information content (AvgIpc) is 2.25. The molecule has 0 saturated heterocycles. The summed E-state index contributed by atoms with van der Waals surface area (Å²) in [7, 11) is 0. The molecule has 2 nitrogen and oxygen atoms in total. The summed E-state index contributed by atoms with van der Waals surface area (Å²) in [5, 5.41) is 9.45. The molecular formula is C13H19NO. The van der Waals surface area contributed by atoms with Crippen molar-refractivity contribution in [2.45, 2.75) is 31.8 Å². The van der Waals surface area contributed by atoms with Crippen molar-refractivity contribution in [3.8, 4) is 0 Å². The van der Waals surface area contributed by atoms with Gasteiger partial charge in [0.1, 0.15) is 0 Å². The molecule has 1 aromatic carbocycles. The standard InChI is InChI=1S/C13H19NO/c1-10(11-5-3-2-4-6-11)13(9-14)7-12(15)8-13/h2-6,10,12,15H,7-9,14H2,1H3. The first-order valence-electron chi connectivity index (χ1n) is 5.61. The second kappa shape index (κ2) is 3.95. The van der Waals surface area contributed by atoms with Crippen LogP contribution in [0.15, 0.2) is 30.3 Å². The first-order valence-corrected chi connectivity index (χ1v) is 5.61. The van der Waals surface area contributed by atoms with Gasteiger partial charge in [0.15, 0.2) is 0 Å². The summed E-state index contributed by atoms with van der Waals surface area (Å²) in [6, 6.07) is 10.4. The highest BCUT2D eigenvalue weighted by Gasteiger charge is 2.46. The van der Waals surface area contributed by atoms with Gasteiger partial charge in [-0.25, -0.2) is 0 Å². The van der Waals surface area contributed by atoms with Crippen LogP contribution in [0.25, 0.3) is 0 Å². The van der Waals surface area contributed by atoms with Crippen molar-refractivity contribution in [2.75, 3.05) is 6.54 Å². The molecule has 0 amide bonds. The number of rotatable bonds is 3. The molecule has 0 spiro atoms. The lowest BCUT2D eigenvalue weighted by Crippen LogP contribution is -2.49. The minimum atomic E-state index is -0.139. The molecule has 15 heavy (non-hydrogen) atoms. The summed E-state index contributed by atoms with van der Waals surface area (Å²) >= 11 is 0. The summed E-state index contributed by atoms with van der Waals surface area (Å²) in [5.41, 5.74) is 7.31. The van der Waals surface area contributed by atoms with Crippen LogP contribution in [0.1, 0.15) is 31.2 Å². The van der Waals surface area contributed by atoms with Crippen LogP contribution in [0.4, 0.5) is 0 Å². The van der Waals surface area contributed by atoms with Gasteiger partial charge in [-0.15, -0.1) is 0 Å². The highest BCUT2D eigenvalue weighted by molar-refractivity contribution is 5.23. The quantitative estimate of drug-likeness (QED) is 0.791. The zero-order valence-corrected chi connectivity index (χ0v) is 9.19. The predicted molar refractivity (Wildman–Crippen MR) is 61.6 cm³/mol. The molecule has 0 radical (unpaired) electrons. The fourth-order valence-corrected chi connectivity index (χ4v) is 2.67. The van der Waals surface area contributed by atoms with Gasteiger partial charge in [0.05, 0.1) is 6.10 Å². The zero-order chi connectivity index (χ0) is 10.9. The second-order valence-corrected chi connectivity index (χ2v) is 4.76. The third-order valence-corrected chi connectivity index (χ3v) is 3.91. The highest BCUT2D eigenvalue weighted by Crippen LogP contribution is 2.50. The average molecular weight is 205 g/mol. The van der Waals surface area contributed by atoms with Gasteiger partial charge < -0.3 is 10.8 Å². The Balaban J connectivity index is 2.17. The summed E-state index contributed by atoms with van der Waals surface area (Å²) < 4.78 is 0. The maximum atomic E-state index is 9.45. The van der Waals surface area contributed by atoms with Gasteiger partial charge >= 0.3 is 0 Å². The lowest BCUT2D eigenvalue weighted by Gasteiger charge is -2.49. The molecule has 1 saturated carbocycles. The van der Waals surface area contributed by atoms with Crippen molar-refractivity contribution in [3.05, 3.63) is 35.9 Å². The lowest BCUT2D eigenvalue weighted by atomic mass is 9.58. The topological polar surface area (TPSA) is 46.2 Å². The Morgan fingerprint density at radius 2 is 2.00 bits per heavy atom. The van der Waals surface area contributed by atoms with E-state index in [0.29, 0.717) is 12.5 Å². The molecule has 1 aromatic rings. The number of aliphatic hydroxyl groups is 1. The van der Waals surface area contributed by atoms with Gasteiger partial charge in [0.25, 0.3) is 0 Å². The Labute approximate surface area is 91.1 Å². The van der Waals surface area contributed by atoms with Crippen molar-refractivity contribution < 1.29 is 5.11 Å². The van der Waals surface area contributed by atoms with Crippen LogP contribution in [0.5, 0.6) is 0 Å². The minimum absolute atomic E-state index is 0.126. The van der Waals surface area contributed by atoms with Gasteiger partial charge in [-0.3, -0.25) is 0 Å². The van der Waals surface area contributed by atoms with E-state index in [4.69, 9.17) is 5.73 Å². The normalized spacial score (nSPS) is 32.1. The van der Waals surface area contributed by atoms with Crippen molar-refractivity contribution in [2.24, 2.45) is 11.1 Å². The van der Waals surface area contributed by atoms with Crippen LogP contribution in [0.2, 0.25) is 0 Å². The molecule has 2 heteroatoms. The summed E-state index contributed by atoms with van der Waals surface area (Å²) in [5.74, 6) is 0.437. The molecule has 0 aromatic heterocycles. The van der Waals surface area contributed by atoms with Crippen LogP contribution in [0.3, 0.4) is 0 Å². The molecule has 1 aliphatic rings. The molecule has 2 rings (SSSR count). The van der Waals surface area contributed by atoms with Crippen LogP contribution < -0.4 is 5.73 Å². The largest absolute Gasteiger partial charge is 0.393 e. The summed E-state index contributed by atoms with van der Waals surface area (Å²) in [6.45, 7) is 2.88. The molecular weight excluding hydrogens is 186 g/mol. The third kappa shape index (κ3) is 1.80. The molecule has 3 N–H and O–H groups in total. The first-order chi connectivity index (χ1) is 7.18. The van der Waals surface area contributed by atoms with E-state index in [9.17, 15) is 5.11 Å². The van der Waals surface area contributed by atoms with E-state index in [-0.39, 0.29) is 11.5 Å². The fraction of sp³-hybridized carbons (Fsp3) is 0.538. The Morgan fingerprint density at radius 1 is 1.40 bits per heavy atom. The van der Waals surface area contributed by atoms with E-state index >= 15 is 0 Å². The molecule has 1 fully saturated rings. The minimum Gasteiger partial charge on any atom is -0.393 e. The van der Waals surface area contributed by atoms with Crippen molar-refractivity contribution in [1.82, 2.24) is 0 Å². The zero-order valence-electron chi connectivity index (χ0n) is 9.19. The van der Waals surface area contributed by atoms with Crippen LogP contribution in [-0.4, -0.2) is 17.8 Å². The molecule has 82 valence electrons. The molecule has 0 heterocycles. The summed E-state index contributed by atoms with van der Waals surface area (Å²) in [4.78, 5) is 0. The van der Waals surface area contributed by atoms with Crippen molar-refractivity contribution in [3.63, 3.8) is 0 Å². The van der Waals surface area contributed by atoms with Crippen molar-refractivity contribution >= 4 is 0 Å². The monoisotopic (exact) mass is 205 g/mol. The van der Waals surface area contributed by atoms with E-state index in [2.05, 4.69) is 31.2 Å². The van der Waals surface area contributed by atoms with Crippen LogP contribution >= 0.6 is 0 Å². The smallest absolute Gasteiger partial charge is 0.0552 e. The van der Waals surface area contributed by atoms with Gasteiger partial charge in [-0.1, -0.05) is 37.3 Å². The Hall–Kier alpha value is -0.860. The second-order valence-electron chi connectivity index (χ2n) is 4.76. The van der Waals surface area contributed by atoms with E-state index < -0.39 is 0 Å². The van der Waals surface area contributed by atoms with E-state index in [1.54, 1.807) is 0 Å². The Morgan fingerprint density at radius 3 is 2.47 bits per heavy atom. The maximum absolute atomic E-state index is 9.45. The summed E-state index contributed by atoms with van der Waals surface area (Å²) in [6.07, 6.45) is 1.55. The molecule has 1 atom stereocenters. The van der Waals surface area contributed by atoms with Gasteiger partial charge in [0, 0.05) is 0 Å².